The third kappa shape index (κ3) is 4.51. The maximum atomic E-state index is 13.1. The number of nitrogens with one attached hydrogen (secondary N) is 2. The van der Waals surface area contributed by atoms with Crippen LogP contribution in [-0.2, 0) is 12.7 Å². The molecule has 3 aromatic rings. The molecule has 0 saturated heterocycles. The second-order valence-electron chi connectivity index (χ2n) is 7.23. The van der Waals surface area contributed by atoms with E-state index in [0.29, 0.717) is 11.7 Å². The zero-order valence-corrected chi connectivity index (χ0v) is 16.9. The Bertz CT molecular complexity index is 1010. The van der Waals surface area contributed by atoms with Gasteiger partial charge in [0.25, 0.3) is 0 Å². The summed E-state index contributed by atoms with van der Waals surface area (Å²) in [6.07, 6.45) is -0.0607. The molecule has 2 amide bonds. The summed E-state index contributed by atoms with van der Waals surface area (Å²) in [5.41, 5.74) is 0.519. The summed E-state index contributed by atoms with van der Waals surface area (Å²) in [5.74, 6) is 0. The highest BCUT2D eigenvalue weighted by Gasteiger charge is 2.33. The van der Waals surface area contributed by atoms with Crippen molar-refractivity contribution in [1.29, 1.82) is 0 Å². The molecule has 1 aromatic carbocycles. The molecule has 158 valence electrons. The molecule has 30 heavy (non-hydrogen) atoms. The van der Waals surface area contributed by atoms with Crippen molar-refractivity contribution in [2.45, 2.75) is 44.4 Å². The van der Waals surface area contributed by atoms with Gasteiger partial charge in [-0.05, 0) is 42.5 Å². The van der Waals surface area contributed by atoms with Gasteiger partial charge in [0.05, 0.1) is 40.1 Å². The van der Waals surface area contributed by atoms with E-state index in [1.54, 1.807) is 11.3 Å². The highest BCUT2D eigenvalue weighted by Crippen LogP contribution is 2.36. The van der Waals surface area contributed by atoms with E-state index in [0.717, 1.165) is 29.5 Å². The van der Waals surface area contributed by atoms with Gasteiger partial charge in [0.1, 0.15) is 0 Å². The molecule has 2 aromatic heterocycles. The maximum absolute atomic E-state index is 13.1. The first-order valence-electron chi connectivity index (χ1n) is 9.75. The largest absolute Gasteiger partial charge is 0.418 e. The summed E-state index contributed by atoms with van der Waals surface area (Å²) in [4.78, 5) is 13.3. The molecule has 9 heteroatoms. The summed E-state index contributed by atoms with van der Waals surface area (Å²) in [5, 5.41) is 11.6. The van der Waals surface area contributed by atoms with Crippen LogP contribution in [0.5, 0.6) is 0 Å². The molecule has 0 aliphatic heterocycles. The zero-order valence-electron chi connectivity index (χ0n) is 16.1. The fourth-order valence-electron chi connectivity index (χ4n) is 3.74. The first-order valence-corrected chi connectivity index (χ1v) is 10.6. The van der Waals surface area contributed by atoms with Gasteiger partial charge in [0, 0.05) is 0 Å². The average Bonchev–Trinajstić information content (AvgIpc) is 3.46. The Morgan fingerprint density at radius 1 is 1.17 bits per heavy atom. The Morgan fingerprint density at radius 3 is 2.63 bits per heavy atom. The number of alkyl halides is 3. The van der Waals surface area contributed by atoms with Crippen molar-refractivity contribution in [2.24, 2.45) is 0 Å². The third-order valence-corrected chi connectivity index (χ3v) is 6.03. The van der Waals surface area contributed by atoms with Crippen LogP contribution >= 0.6 is 11.3 Å². The number of amides is 2. The Labute approximate surface area is 175 Å². The fourth-order valence-corrected chi connectivity index (χ4v) is 4.48. The number of benzene rings is 1. The number of carbonyl (C=O) groups is 1. The smallest absolute Gasteiger partial charge is 0.332 e. The van der Waals surface area contributed by atoms with E-state index < -0.39 is 17.8 Å². The number of thiophene rings is 1. The lowest BCUT2D eigenvalue weighted by molar-refractivity contribution is -0.136. The van der Waals surface area contributed by atoms with Gasteiger partial charge in [-0.2, -0.15) is 18.3 Å². The van der Waals surface area contributed by atoms with Gasteiger partial charge < -0.3 is 10.6 Å². The van der Waals surface area contributed by atoms with Crippen molar-refractivity contribution in [3.8, 4) is 10.6 Å². The number of nitrogens with zero attached hydrogens (tertiary/aromatic N) is 2. The van der Waals surface area contributed by atoms with Gasteiger partial charge >= 0.3 is 12.2 Å². The molecule has 2 heterocycles. The first kappa shape index (κ1) is 20.5. The number of urea groups is 1. The first-order chi connectivity index (χ1) is 14.4. The van der Waals surface area contributed by atoms with Crippen LogP contribution in [0.3, 0.4) is 0 Å². The van der Waals surface area contributed by atoms with E-state index in [4.69, 9.17) is 0 Å². The van der Waals surface area contributed by atoms with E-state index in [-0.39, 0.29) is 12.2 Å². The van der Waals surface area contributed by atoms with Gasteiger partial charge in [-0.1, -0.05) is 31.0 Å². The Morgan fingerprint density at radius 2 is 1.93 bits per heavy atom. The minimum absolute atomic E-state index is 0.123. The molecule has 0 atom stereocenters. The van der Waals surface area contributed by atoms with Gasteiger partial charge in [-0.3, -0.25) is 4.68 Å². The van der Waals surface area contributed by atoms with Crippen LogP contribution in [0.4, 0.5) is 23.7 Å². The lowest BCUT2D eigenvalue weighted by atomic mass is 10.1. The van der Waals surface area contributed by atoms with Crippen molar-refractivity contribution in [3.05, 3.63) is 59.1 Å². The molecule has 1 saturated carbocycles. The second kappa shape index (κ2) is 8.51. The van der Waals surface area contributed by atoms with Crippen LogP contribution in [-0.4, -0.2) is 15.8 Å². The molecule has 0 bridgehead atoms. The number of carbonyl (C=O) groups excluding carboxylic acids is 1. The van der Waals surface area contributed by atoms with Crippen molar-refractivity contribution in [1.82, 2.24) is 15.1 Å². The number of rotatable bonds is 5. The quantitative estimate of drug-likeness (QED) is 0.512. The Kier molecular flexibility index (Phi) is 5.80. The lowest BCUT2D eigenvalue weighted by Crippen LogP contribution is -2.29. The predicted molar refractivity (Wildman–Crippen MR) is 110 cm³/mol. The summed E-state index contributed by atoms with van der Waals surface area (Å²) in [6.45, 7) is 0.123. The number of hydrogen-bond acceptors (Lipinski definition) is 3. The van der Waals surface area contributed by atoms with Crippen molar-refractivity contribution in [2.75, 3.05) is 5.32 Å². The molecular weight excluding hydrogens is 413 g/mol. The van der Waals surface area contributed by atoms with Crippen molar-refractivity contribution < 1.29 is 18.0 Å². The van der Waals surface area contributed by atoms with Gasteiger partial charge in [0.2, 0.25) is 0 Å². The second-order valence-corrected chi connectivity index (χ2v) is 8.18. The van der Waals surface area contributed by atoms with Crippen LogP contribution < -0.4 is 10.6 Å². The number of anilines is 1. The highest BCUT2D eigenvalue weighted by atomic mass is 32.1. The fraction of sp³-hybridized carbons (Fsp3) is 0.333. The summed E-state index contributed by atoms with van der Waals surface area (Å²) < 4.78 is 41.3. The van der Waals surface area contributed by atoms with Crippen LogP contribution in [0.15, 0.2) is 47.8 Å². The molecule has 0 unspecified atom stereocenters. The number of hydrogen-bond donors (Lipinski definition) is 2. The standard InChI is InChI=1S/C21H21F3N4OS/c22-21(23,24)16-8-3-4-9-17(16)26-20(29)25-13-14-12-18(19-10-5-11-30-19)28(27-14)15-6-1-2-7-15/h3-5,8-12,15H,1-2,6-7,13H2,(H2,25,26,29). The van der Waals surface area contributed by atoms with Crippen LogP contribution in [0.25, 0.3) is 10.6 Å². The Balaban J connectivity index is 1.47. The minimum atomic E-state index is -4.54. The van der Waals surface area contributed by atoms with Gasteiger partial charge in [-0.15, -0.1) is 11.3 Å². The molecule has 1 aliphatic rings. The van der Waals surface area contributed by atoms with E-state index >= 15 is 0 Å². The van der Waals surface area contributed by atoms with E-state index in [2.05, 4.69) is 15.7 Å². The normalized spacial score (nSPS) is 14.8. The molecule has 1 fully saturated rings. The molecule has 2 N–H and O–H groups in total. The summed E-state index contributed by atoms with van der Waals surface area (Å²) in [7, 11) is 0. The molecule has 0 spiro atoms. The third-order valence-electron chi connectivity index (χ3n) is 5.14. The van der Waals surface area contributed by atoms with E-state index in [9.17, 15) is 18.0 Å². The summed E-state index contributed by atoms with van der Waals surface area (Å²) >= 11 is 1.63. The molecular formula is C21H21F3N4OS. The molecule has 5 nitrogen and oxygen atoms in total. The SMILES string of the molecule is O=C(NCc1cc(-c2cccs2)n(C2CCCC2)n1)Nc1ccccc1C(F)(F)F. The topological polar surface area (TPSA) is 59.0 Å². The lowest BCUT2D eigenvalue weighted by Gasteiger charge is -2.14. The number of aromatic nitrogens is 2. The maximum Gasteiger partial charge on any atom is 0.418 e. The van der Waals surface area contributed by atoms with Crippen molar-refractivity contribution in [3.63, 3.8) is 0 Å². The van der Waals surface area contributed by atoms with E-state index in [1.807, 2.05) is 28.3 Å². The van der Waals surface area contributed by atoms with Gasteiger partial charge in [-0.25, -0.2) is 4.79 Å². The monoisotopic (exact) mass is 434 g/mol. The number of halogens is 3. The van der Waals surface area contributed by atoms with Crippen LogP contribution in [0, 0.1) is 0 Å². The minimum Gasteiger partial charge on any atom is -0.332 e. The predicted octanol–water partition coefficient (Wildman–Crippen LogP) is 6.07. The molecule has 4 rings (SSSR count). The molecule has 1 aliphatic carbocycles. The van der Waals surface area contributed by atoms with E-state index in [1.165, 1.54) is 31.0 Å². The summed E-state index contributed by atoms with van der Waals surface area (Å²) in [6, 6.07) is 10.5. The zero-order chi connectivity index (χ0) is 21.1. The van der Waals surface area contributed by atoms with Crippen LogP contribution in [0.1, 0.15) is 43.0 Å². The van der Waals surface area contributed by atoms with Gasteiger partial charge in [0.15, 0.2) is 0 Å². The number of para-hydroxylation sites is 1. The average molecular weight is 434 g/mol. The van der Waals surface area contributed by atoms with Crippen LogP contribution in [0.2, 0.25) is 0 Å². The van der Waals surface area contributed by atoms with Crippen molar-refractivity contribution >= 4 is 23.1 Å². The molecule has 0 radical (unpaired) electrons. The highest BCUT2D eigenvalue weighted by molar-refractivity contribution is 7.13. The Hall–Kier alpha value is -2.81.